The third kappa shape index (κ3) is 6.04. The maximum absolute atomic E-state index is 10.5. The summed E-state index contributed by atoms with van der Waals surface area (Å²) in [5, 5.41) is 17.5. The molecule has 4 nitrogen and oxygen atoms in total. The van der Waals surface area contributed by atoms with Crippen molar-refractivity contribution in [1.82, 2.24) is 4.90 Å². The van der Waals surface area contributed by atoms with E-state index >= 15 is 0 Å². The summed E-state index contributed by atoms with van der Waals surface area (Å²) in [6.07, 6.45) is 0.995. The Morgan fingerprint density at radius 1 is 1.12 bits per heavy atom. The van der Waals surface area contributed by atoms with Crippen molar-refractivity contribution in [3.8, 4) is 0 Å². The number of aliphatic hydroxyl groups is 1. The largest absolute Gasteiger partial charge is 0.481 e. The Morgan fingerprint density at radius 2 is 1.82 bits per heavy atom. The normalized spacial score (nSPS) is 10.7. The predicted octanol–water partition coefficient (Wildman–Crippen LogP) is 0.998. The molecule has 0 aliphatic heterocycles. The van der Waals surface area contributed by atoms with Crippen LogP contribution in [0.25, 0.3) is 0 Å². The third-order valence-corrected chi connectivity index (χ3v) is 2.62. The highest BCUT2D eigenvalue weighted by Gasteiger charge is 2.06. The third-order valence-electron chi connectivity index (χ3n) is 2.62. The quantitative estimate of drug-likeness (QED) is 0.708. The van der Waals surface area contributed by atoms with Crippen molar-refractivity contribution in [2.75, 3.05) is 26.2 Å². The Morgan fingerprint density at radius 3 is 2.41 bits per heavy atom. The predicted molar refractivity (Wildman–Crippen MR) is 65.9 cm³/mol. The number of carboxylic acid groups (broad SMARTS) is 1. The molecule has 4 heteroatoms. The molecule has 0 heterocycles. The van der Waals surface area contributed by atoms with E-state index < -0.39 is 5.97 Å². The summed E-state index contributed by atoms with van der Waals surface area (Å²) in [6.45, 7) is 1.86. The van der Waals surface area contributed by atoms with Gasteiger partial charge in [0.1, 0.15) is 0 Å². The first kappa shape index (κ1) is 13.7. The van der Waals surface area contributed by atoms with Crippen LogP contribution >= 0.6 is 0 Å². The standard InChI is InChI=1S/C13H19NO3/c15-11-10-14(9-7-13(16)17)8-6-12-4-2-1-3-5-12/h1-5,15H,6-11H2,(H,16,17). The van der Waals surface area contributed by atoms with E-state index in [1.165, 1.54) is 5.56 Å². The van der Waals surface area contributed by atoms with Crippen LogP contribution in [0.4, 0.5) is 0 Å². The first-order chi connectivity index (χ1) is 8.22. The van der Waals surface area contributed by atoms with Crippen LogP contribution < -0.4 is 0 Å². The highest BCUT2D eigenvalue weighted by molar-refractivity contribution is 5.66. The zero-order valence-corrected chi connectivity index (χ0v) is 9.88. The Hall–Kier alpha value is -1.39. The number of rotatable bonds is 8. The lowest BCUT2D eigenvalue weighted by Gasteiger charge is -2.20. The van der Waals surface area contributed by atoms with Gasteiger partial charge in [-0.2, -0.15) is 0 Å². The molecule has 94 valence electrons. The number of carbonyl (C=O) groups is 1. The topological polar surface area (TPSA) is 60.8 Å². The molecule has 1 aromatic carbocycles. The first-order valence-corrected chi connectivity index (χ1v) is 5.81. The maximum Gasteiger partial charge on any atom is 0.304 e. The van der Waals surface area contributed by atoms with Crippen LogP contribution in [-0.2, 0) is 11.2 Å². The Labute approximate surface area is 101 Å². The second-order valence-electron chi connectivity index (χ2n) is 3.94. The van der Waals surface area contributed by atoms with Gasteiger partial charge < -0.3 is 15.1 Å². The molecule has 0 amide bonds. The van der Waals surface area contributed by atoms with E-state index in [-0.39, 0.29) is 13.0 Å². The molecule has 0 aromatic heterocycles. The van der Waals surface area contributed by atoms with Crippen molar-refractivity contribution in [1.29, 1.82) is 0 Å². The van der Waals surface area contributed by atoms with Gasteiger partial charge in [-0.3, -0.25) is 4.79 Å². The average molecular weight is 237 g/mol. The van der Waals surface area contributed by atoms with Gasteiger partial charge in [-0.15, -0.1) is 0 Å². The molecule has 0 unspecified atom stereocenters. The van der Waals surface area contributed by atoms with Gasteiger partial charge in [0.25, 0.3) is 0 Å². The Kier molecular flexibility index (Phi) is 6.29. The van der Waals surface area contributed by atoms with E-state index in [2.05, 4.69) is 0 Å². The number of benzene rings is 1. The molecule has 0 fully saturated rings. The Bertz CT molecular complexity index is 327. The second-order valence-corrected chi connectivity index (χ2v) is 3.94. The molecule has 0 aliphatic rings. The number of aliphatic hydroxyl groups excluding tert-OH is 1. The van der Waals surface area contributed by atoms with Crippen molar-refractivity contribution < 1.29 is 15.0 Å². The minimum Gasteiger partial charge on any atom is -0.481 e. The first-order valence-electron chi connectivity index (χ1n) is 5.81. The number of aliphatic carboxylic acids is 1. The fourth-order valence-corrected chi connectivity index (χ4v) is 1.66. The molecule has 0 spiro atoms. The van der Waals surface area contributed by atoms with Crippen LogP contribution in [0.15, 0.2) is 30.3 Å². The SMILES string of the molecule is O=C(O)CCN(CCO)CCc1ccccc1. The number of hydrogen-bond acceptors (Lipinski definition) is 3. The van der Waals surface area contributed by atoms with E-state index in [1.807, 2.05) is 35.2 Å². The van der Waals surface area contributed by atoms with Crippen molar-refractivity contribution in [3.63, 3.8) is 0 Å². The smallest absolute Gasteiger partial charge is 0.304 e. The van der Waals surface area contributed by atoms with Crippen LogP contribution in [0, 0.1) is 0 Å². The molecular formula is C13H19NO3. The average Bonchev–Trinajstić information content (AvgIpc) is 2.34. The lowest BCUT2D eigenvalue weighted by atomic mass is 10.1. The van der Waals surface area contributed by atoms with Gasteiger partial charge in [-0.1, -0.05) is 30.3 Å². The lowest BCUT2D eigenvalue weighted by molar-refractivity contribution is -0.137. The zero-order valence-electron chi connectivity index (χ0n) is 9.88. The van der Waals surface area contributed by atoms with Crippen LogP contribution in [0.1, 0.15) is 12.0 Å². The highest BCUT2D eigenvalue weighted by atomic mass is 16.4. The van der Waals surface area contributed by atoms with E-state index in [0.29, 0.717) is 13.1 Å². The summed E-state index contributed by atoms with van der Waals surface area (Å²) in [6, 6.07) is 10.0. The minimum absolute atomic E-state index is 0.0639. The van der Waals surface area contributed by atoms with E-state index in [4.69, 9.17) is 10.2 Å². The lowest BCUT2D eigenvalue weighted by Crippen LogP contribution is -2.31. The van der Waals surface area contributed by atoms with Crippen molar-refractivity contribution in [3.05, 3.63) is 35.9 Å². The molecule has 1 aromatic rings. The van der Waals surface area contributed by atoms with Crippen LogP contribution in [0.3, 0.4) is 0 Å². The van der Waals surface area contributed by atoms with Gasteiger partial charge in [0, 0.05) is 19.6 Å². The summed E-state index contributed by atoms with van der Waals surface area (Å²) >= 11 is 0. The Balaban J connectivity index is 2.36. The molecule has 17 heavy (non-hydrogen) atoms. The molecule has 0 aliphatic carbocycles. The molecule has 2 N–H and O–H groups in total. The van der Waals surface area contributed by atoms with Gasteiger partial charge in [0.05, 0.1) is 13.0 Å². The molecule has 0 bridgehead atoms. The summed E-state index contributed by atoms with van der Waals surface area (Å²) in [5.41, 5.74) is 1.23. The van der Waals surface area contributed by atoms with Crippen LogP contribution in [0.2, 0.25) is 0 Å². The number of hydrogen-bond donors (Lipinski definition) is 2. The summed E-state index contributed by atoms with van der Waals surface area (Å²) in [5.74, 6) is -0.798. The molecule has 0 atom stereocenters. The van der Waals surface area contributed by atoms with Gasteiger partial charge in [0.2, 0.25) is 0 Å². The fourth-order valence-electron chi connectivity index (χ4n) is 1.66. The summed E-state index contributed by atoms with van der Waals surface area (Å²) in [7, 11) is 0. The van der Waals surface area contributed by atoms with Crippen molar-refractivity contribution in [2.24, 2.45) is 0 Å². The van der Waals surface area contributed by atoms with E-state index in [1.54, 1.807) is 0 Å². The number of nitrogens with zero attached hydrogens (tertiary/aromatic N) is 1. The van der Waals surface area contributed by atoms with Gasteiger partial charge in [-0.05, 0) is 12.0 Å². The summed E-state index contributed by atoms with van der Waals surface area (Å²) in [4.78, 5) is 12.5. The number of carboxylic acids is 1. The second kappa shape index (κ2) is 7.81. The van der Waals surface area contributed by atoms with Gasteiger partial charge in [-0.25, -0.2) is 0 Å². The maximum atomic E-state index is 10.5. The summed E-state index contributed by atoms with van der Waals surface area (Å²) < 4.78 is 0. The van der Waals surface area contributed by atoms with Gasteiger partial charge in [0.15, 0.2) is 0 Å². The van der Waals surface area contributed by atoms with Crippen molar-refractivity contribution >= 4 is 5.97 Å². The highest BCUT2D eigenvalue weighted by Crippen LogP contribution is 2.02. The van der Waals surface area contributed by atoms with E-state index in [9.17, 15) is 4.79 Å². The molecule has 0 saturated carbocycles. The molecule has 1 rings (SSSR count). The molecular weight excluding hydrogens is 218 g/mol. The minimum atomic E-state index is -0.798. The molecule has 0 radical (unpaired) electrons. The zero-order chi connectivity index (χ0) is 12.5. The van der Waals surface area contributed by atoms with Crippen molar-refractivity contribution in [2.45, 2.75) is 12.8 Å². The van der Waals surface area contributed by atoms with Crippen LogP contribution in [0.5, 0.6) is 0 Å². The van der Waals surface area contributed by atoms with E-state index in [0.717, 1.165) is 13.0 Å². The van der Waals surface area contributed by atoms with Crippen LogP contribution in [-0.4, -0.2) is 47.3 Å². The monoisotopic (exact) mass is 237 g/mol. The molecule has 0 saturated heterocycles. The van der Waals surface area contributed by atoms with Gasteiger partial charge >= 0.3 is 5.97 Å². The fraction of sp³-hybridized carbons (Fsp3) is 0.462.